The van der Waals surface area contributed by atoms with E-state index in [1.165, 1.54) is 18.2 Å². The van der Waals surface area contributed by atoms with Crippen LogP contribution < -0.4 is 4.74 Å². The second-order valence-electron chi connectivity index (χ2n) is 5.90. The predicted octanol–water partition coefficient (Wildman–Crippen LogP) is 7.05. The highest BCUT2D eigenvalue weighted by Crippen LogP contribution is 2.32. The topological polar surface area (TPSA) is 26.3 Å². The second-order valence-corrected chi connectivity index (χ2v) is 6.34. The van der Waals surface area contributed by atoms with Gasteiger partial charge in [0.2, 0.25) is 0 Å². The summed E-state index contributed by atoms with van der Waals surface area (Å²) in [5.74, 6) is 0.245. The van der Waals surface area contributed by atoms with E-state index in [1.807, 2.05) is 0 Å². The third-order valence-electron chi connectivity index (χ3n) is 3.81. The van der Waals surface area contributed by atoms with Crippen molar-refractivity contribution >= 4 is 23.5 Å². The summed E-state index contributed by atoms with van der Waals surface area (Å²) in [6.07, 6.45) is -1.42. The summed E-state index contributed by atoms with van der Waals surface area (Å²) in [5.41, 5.74) is 0.387. The number of ether oxygens (including phenoxy) is 1. The van der Waals surface area contributed by atoms with Gasteiger partial charge in [0, 0.05) is 10.6 Å². The molecule has 0 saturated carbocycles. The molecule has 0 bridgehead atoms. The highest BCUT2D eigenvalue weighted by molar-refractivity contribution is 6.30. The first kappa shape index (κ1) is 19.7. The highest BCUT2D eigenvalue weighted by Gasteiger charge is 2.30. The van der Waals surface area contributed by atoms with Gasteiger partial charge < -0.3 is 4.74 Å². The van der Waals surface area contributed by atoms with Gasteiger partial charge in [-0.2, -0.15) is 13.2 Å². The lowest BCUT2D eigenvalue weighted by Gasteiger charge is -2.10. The molecular formula is C22H14ClF3O2. The molecule has 142 valence electrons. The largest absolute Gasteiger partial charge is 0.457 e. The lowest BCUT2D eigenvalue weighted by atomic mass is 10.1. The van der Waals surface area contributed by atoms with E-state index in [0.717, 1.165) is 12.1 Å². The number of benzene rings is 3. The Labute approximate surface area is 164 Å². The molecule has 2 nitrogen and oxygen atoms in total. The molecule has 0 aromatic heterocycles. The molecule has 0 unspecified atom stereocenters. The van der Waals surface area contributed by atoms with Crippen molar-refractivity contribution in [2.24, 2.45) is 0 Å². The number of carbonyl (C=O) groups excluding carboxylic acids is 1. The SMILES string of the molecule is O=C(/C=C/c1cccc(Oc2cccc(C(F)(F)F)c2)c1)c1ccc(Cl)cc1. The average Bonchev–Trinajstić information content (AvgIpc) is 2.66. The summed E-state index contributed by atoms with van der Waals surface area (Å²) in [5, 5.41) is 0.542. The van der Waals surface area contributed by atoms with Crippen molar-refractivity contribution < 1.29 is 22.7 Å². The van der Waals surface area contributed by atoms with Gasteiger partial charge in [-0.15, -0.1) is 0 Å². The maximum atomic E-state index is 12.8. The quantitative estimate of drug-likeness (QED) is 0.337. The number of halogens is 4. The normalized spacial score (nSPS) is 11.6. The lowest BCUT2D eigenvalue weighted by molar-refractivity contribution is -0.137. The van der Waals surface area contributed by atoms with Crippen molar-refractivity contribution in [2.45, 2.75) is 6.18 Å². The number of carbonyl (C=O) groups is 1. The molecule has 0 spiro atoms. The minimum absolute atomic E-state index is 0.0770. The van der Waals surface area contributed by atoms with Gasteiger partial charge in [0.05, 0.1) is 5.56 Å². The standard InChI is InChI=1S/C22H14ClF3O2/c23-18-10-8-16(9-11-18)21(27)12-7-15-3-1-5-19(13-15)28-20-6-2-4-17(14-20)22(24,25)26/h1-14H/b12-7+. The smallest absolute Gasteiger partial charge is 0.416 e. The molecule has 0 saturated heterocycles. The van der Waals surface area contributed by atoms with Gasteiger partial charge in [-0.05, 0) is 66.2 Å². The minimum Gasteiger partial charge on any atom is -0.457 e. The van der Waals surface area contributed by atoms with Crippen LogP contribution in [-0.2, 0) is 6.18 Å². The maximum absolute atomic E-state index is 12.8. The zero-order chi connectivity index (χ0) is 20.1. The Morgan fingerprint density at radius 3 is 2.21 bits per heavy atom. The molecule has 6 heteroatoms. The Bertz CT molecular complexity index is 1010. The van der Waals surface area contributed by atoms with Crippen LogP contribution in [0.3, 0.4) is 0 Å². The van der Waals surface area contributed by atoms with Crippen LogP contribution in [0.5, 0.6) is 11.5 Å². The fourth-order valence-electron chi connectivity index (χ4n) is 2.44. The van der Waals surface area contributed by atoms with E-state index in [9.17, 15) is 18.0 Å². The minimum atomic E-state index is -4.44. The van der Waals surface area contributed by atoms with Crippen LogP contribution in [0.4, 0.5) is 13.2 Å². The van der Waals surface area contributed by atoms with Gasteiger partial charge in [-0.3, -0.25) is 4.79 Å². The molecule has 3 aromatic carbocycles. The van der Waals surface area contributed by atoms with Crippen LogP contribution in [0, 0.1) is 0 Å². The van der Waals surface area contributed by atoms with Gasteiger partial charge in [0.15, 0.2) is 5.78 Å². The van der Waals surface area contributed by atoms with Crippen molar-refractivity contribution in [2.75, 3.05) is 0 Å². The Morgan fingerprint density at radius 1 is 0.893 bits per heavy atom. The van der Waals surface area contributed by atoms with Crippen molar-refractivity contribution in [1.82, 2.24) is 0 Å². The van der Waals surface area contributed by atoms with Gasteiger partial charge in [0.25, 0.3) is 0 Å². The van der Waals surface area contributed by atoms with E-state index in [2.05, 4.69) is 0 Å². The van der Waals surface area contributed by atoms with E-state index in [-0.39, 0.29) is 11.5 Å². The van der Waals surface area contributed by atoms with Crippen LogP contribution in [0.15, 0.2) is 78.9 Å². The van der Waals surface area contributed by atoms with Crippen molar-refractivity contribution in [3.8, 4) is 11.5 Å². The third kappa shape index (κ3) is 5.24. The fraction of sp³-hybridized carbons (Fsp3) is 0.0455. The molecule has 0 radical (unpaired) electrons. The highest BCUT2D eigenvalue weighted by atomic mass is 35.5. The number of rotatable bonds is 5. The number of alkyl halides is 3. The number of hydrogen-bond acceptors (Lipinski definition) is 2. The summed E-state index contributed by atoms with van der Waals surface area (Å²) in [7, 11) is 0. The first-order valence-electron chi connectivity index (χ1n) is 8.24. The van der Waals surface area contributed by atoms with Gasteiger partial charge >= 0.3 is 6.18 Å². The first-order valence-corrected chi connectivity index (χ1v) is 8.62. The van der Waals surface area contributed by atoms with Crippen LogP contribution >= 0.6 is 11.6 Å². The summed E-state index contributed by atoms with van der Waals surface area (Å²) >= 11 is 5.80. The molecule has 0 aliphatic carbocycles. The molecule has 28 heavy (non-hydrogen) atoms. The summed E-state index contributed by atoms with van der Waals surface area (Å²) in [6.45, 7) is 0. The Balaban J connectivity index is 1.74. The molecule has 3 rings (SSSR count). The Morgan fingerprint density at radius 2 is 1.54 bits per heavy atom. The lowest BCUT2D eigenvalue weighted by Crippen LogP contribution is -2.04. The second kappa shape index (κ2) is 8.31. The van der Waals surface area contributed by atoms with Gasteiger partial charge in [-0.1, -0.05) is 35.9 Å². The molecule has 0 fully saturated rings. The van der Waals surface area contributed by atoms with E-state index in [0.29, 0.717) is 21.9 Å². The van der Waals surface area contributed by atoms with Crippen LogP contribution in [0.25, 0.3) is 6.08 Å². The predicted molar refractivity (Wildman–Crippen MR) is 103 cm³/mol. The van der Waals surface area contributed by atoms with Crippen LogP contribution in [0.1, 0.15) is 21.5 Å². The molecule has 0 aliphatic heterocycles. The third-order valence-corrected chi connectivity index (χ3v) is 4.06. The number of hydrogen-bond donors (Lipinski definition) is 0. The van der Waals surface area contributed by atoms with Crippen molar-refractivity contribution in [3.05, 3.63) is 101 Å². The monoisotopic (exact) mass is 402 g/mol. The van der Waals surface area contributed by atoms with Crippen LogP contribution in [-0.4, -0.2) is 5.78 Å². The molecule has 0 atom stereocenters. The van der Waals surface area contributed by atoms with E-state index >= 15 is 0 Å². The molecule has 0 heterocycles. The Hall–Kier alpha value is -3.05. The molecular weight excluding hydrogens is 389 g/mol. The molecule has 0 aliphatic rings. The fourth-order valence-corrected chi connectivity index (χ4v) is 2.56. The zero-order valence-electron chi connectivity index (χ0n) is 14.4. The van der Waals surface area contributed by atoms with Crippen molar-refractivity contribution in [3.63, 3.8) is 0 Å². The van der Waals surface area contributed by atoms with Crippen LogP contribution in [0.2, 0.25) is 5.02 Å². The summed E-state index contributed by atoms with van der Waals surface area (Å²) < 4.78 is 43.9. The van der Waals surface area contributed by atoms with Gasteiger partial charge in [-0.25, -0.2) is 0 Å². The number of allylic oxidation sites excluding steroid dienone is 1. The first-order chi connectivity index (χ1) is 13.3. The van der Waals surface area contributed by atoms with E-state index < -0.39 is 11.7 Å². The van der Waals surface area contributed by atoms with Gasteiger partial charge in [0.1, 0.15) is 11.5 Å². The summed E-state index contributed by atoms with van der Waals surface area (Å²) in [6, 6.07) is 17.9. The Kier molecular flexibility index (Phi) is 5.85. The zero-order valence-corrected chi connectivity index (χ0v) is 15.2. The van der Waals surface area contributed by atoms with Crippen molar-refractivity contribution in [1.29, 1.82) is 0 Å². The molecule has 0 amide bonds. The molecule has 0 N–H and O–H groups in total. The van der Waals surface area contributed by atoms with E-state index in [1.54, 1.807) is 54.6 Å². The molecule has 3 aromatic rings. The summed E-state index contributed by atoms with van der Waals surface area (Å²) in [4.78, 5) is 12.2. The van der Waals surface area contributed by atoms with E-state index in [4.69, 9.17) is 16.3 Å². The maximum Gasteiger partial charge on any atom is 0.416 e. The number of ketones is 1. The average molecular weight is 403 g/mol.